The van der Waals surface area contributed by atoms with Gasteiger partial charge < -0.3 is 5.32 Å². The van der Waals surface area contributed by atoms with Crippen molar-refractivity contribution in [3.63, 3.8) is 0 Å². The molecule has 2 N–H and O–H groups in total. The van der Waals surface area contributed by atoms with Gasteiger partial charge in [-0.25, -0.2) is 0 Å². The maximum atomic E-state index is 4.74. The molecule has 0 bridgehead atoms. The second kappa shape index (κ2) is 6.22. The van der Waals surface area contributed by atoms with Crippen molar-refractivity contribution >= 4 is 28.1 Å². The first-order valence-electron chi connectivity index (χ1n) is 7.95. The number of hydrogen-bond donors (Lipinski definition) is 1. The first-order valence-corrected chi connectivity index (χ1v) is 9.75. The molecule has 5 nitrogen and oxygen atoms in total. The lowest BCUT2D eigenvalue weighted by molar-refractivity contribution is -0.677. The van der Waals surface area contributed by atoms with E-state index < -0.39 is 0 Å². The molecule has 0 radical (unpaired) electrons. The zero-order chi connectivity index (χ0) is 15.8. The molecule has 1 atom stereocenters. The van der Waals surface area contributed by atoms with Gasteiger partial charge in [0.1, 0.15) is 6.04 Å². The summed E-state index contributed by atoms with van der Waals surface area (Å²) in [6, 6.07) is 7.04. The number of hydrogen-bond acceptors (Lipinski definition) is 5. The zero-order valence-corrected chi connectivity index (χ0v) is 15.0. The number of aromatic nitrogens is 4. The number of fused-ring (bicyclic) bond motifs is 1. The highest BCUT2D eigenvalue weighted by Gasteiger charge is 2.27. The van der Waals surface area contributed by atoms with Gasteiger partial charge in [0.05, 0.1) is 6.54 Å². The second-order valence-electron chi connectivity index (χ2n) is 6.11. The van der Waals surface area contributed by atoms with Crippen molar-refractivity contribution in [2.24, 2.45) is 0 Å². The summed E-state index contributed by atoms with van der Waals surface area (Å²) < 4.78 is 3.01. The number of quaternary nitrogens is 1. The van der Waals surface area contributed by atoms with Crippen LogP contribution in [0.4, 0.5) is 0 Å². The Hall–Kier alpha value is -1.44. The smallest absolute Gasteiger partial charge is 0.235 e. The summed E-state index contributed by atoms with van der Waals surface area (Å²) in [7, 11) is 0. The van der Waals surface area contributed by atoms with Crippen LogP contribution in [0.5, 0.6) is 0 Å². The van der Waals surface area contributed by atoms with Gasteiger partial charge in [-0.2, -0.15) is 4.52 Å². The van der Waals surface area contributed by atoms with E-state index in [4.69, 9.17) is 5.10 Å². The van der Waals surface area contributed by atoms with Gasteiger partial charge in [-0.1, -0.05) is 46.9 Å². The monoisotopic (exact) mass is 346 g/mol. The summed E-state index contributed by atoms with van der Waals surface area (Å²) in [5.41, 5.74) is 4.03. The standard InChI is InChI=1S/C16H19N5S2/c1-10-5-6-11(2)12(8-10)9-22-16-20-21-14(13-4-3-7-17-13)18-19-15(21)23-16/h5-6,8,13,17H,3-4,7,9H2,1-2H3/p+1/t13-/m1/s1. The Morgan fingerprint density at radius 3 is 3.09 bits per heavy atom. The SMILES string of the molecule is Cc1ccc(C)c(CSc2nn3c([C@H]4CCC[NH2+]4)nnc3s2)c1. The maximum Gasteiger partial charge on any atom is 0.235 e. The molecule has 3 aromatic rings. The number of rotatable bonds is 4. The lowest BCUT2D eigenvalue weighted by Gasteiger charge is -2.05. The molecule has 0 saturated carbocycles. The van der Waals surface area contributed by atoms with Crippen LogP contribution in [0, 0.1) is 13.8 Å². The Morgan fingerprint density at radius 2 is 2.26 bits per heavy atom. The Labute approximate surface area is 143 Å². The minimum Gasteiger partial charge on any atom is -0.337 e. The molecule has 4 rings (SSSR count). The Balaban J connectivity index is 1.54. The van der Waals surface area contributed by atoms with E-state index in [2.05, 4.69) is 47.6 Å². The van der Waals surface area contributed by atoms with E-state index in [0.29, 0.717) is 6.04 Å². The number of nitrogens with two attached hydrogens (primary N) is 1. The molecule has 1 aromatic carbocycles. The highest BCUT2D eigenvalue weighted by atomic mass is 32.2. The maximum absolute atomic E-state index is 4.74. The molecule has 0 aliphatic carbocycles. The average Bonchev–Trinajstić information content (AvgIpc) is 3.23. The van der Waals surface area contributed by atoms with E-state index >= 15 is 0 Å². The fraction of sp³-hybridized carbons (Fsp3) is 0.438. The Morgan fingerprint density at radius 1 is 1.35 bits per heavy atom. The molecule has 3 heterocycles. The van der Waals surface area contributed by atoms with Crippen molar-refractivity contribution in [3.8, 4) is 0 Å². The minimum atomic E-state index is 0.420. The van der Waals surface area contributed by atoms with E-state index in [1.807, 2.05) is 4.52 Å². The molecule has 2 aromatic heterocycles. The summed E-state index contributed by atoms with van der Waals surface area (Å²) >= 11 is 3.42. The highest BCUT2D eigenvalue weighted by Crippen LogP contribution is 2.30. The van der Waals surface area contributed by atoms with Crippen molar-refractivity contribution in [2.75, 3.05) is 6.54 Å². The third-order valence-electron chi connectivity index (χ3n) is 4.35. The molecule has 1 saturated heterocycles. The number of aryl methyl sites for hydroxylation is 2. The number of thioether (sulfide) groups is 1. The highest BCUT2D eigenvalue weighted by molar-refractivity contribution is 8.00. The van der Waals surface area contributed by atoms with Crippen LogP contribution < -0.4 is 5.32 Å². The van der Waals surface area contributed by atoms with Crippen molar-refractivity contribution in [2.45, 2.75) is 42.8 Å². The van der Waals surface area contributed by atoms with Crippen LogP contribution >= 0.6 is 23.1 Å². The normalized spacial score (nSPS) is 18.1. The molecule has 120 valence electrons. The summed E-state index contributed by atoms with van der Waals surface area (Å²) in [4.78, 5) is 0.906. The third kappa shape index (κ3) is 3.00. The van der Waals surface area contributed by atoms with Gasteiger partial charge >= 0.3 is 0 Å². The van der Waals surface area contributed by atoms with Crippen LogP contribution in [0.1, 0.15) is 41.4 Å². The van der Waals surface area contributed by atoms with E-state index in [9.17, 15) is 0 Å². The Bertz CT molecular complexity index is 832. The fourth-order valence-corrected chi connectivity index (χ4v) is 4.96. The average molecular weight is 347 g/mol. The molecular weight excluding hydrogens is 326 g/mol. The summed E-state index contributed by atoms with van der Waals surface area (Å²) in [6.07, 6.45) is 2.42. The molecule has 0 amide bonds. The summed E-state index contributed by atoms with van der Waals surface area (Å²) in [5, 5.41) is 15.7. The molecule has 1 aliphatic rings. The van der Waals surface area contributed by atoms with Gasteiger partial charge in [-0.05, 0) is 25.0 Å². The van der Waals surface area contributed by atoms with Gasteiger partial charge in [0.15, 0.2) is 4.34 Å². The second-order valence-corrected chi connectivity index (χ2v) is 8.29. The van der Waals surface area contributed by atoms with Gasteiger partial charge in [0.2, 0.25) is 10.8 Å². The quantitative estimate of drug-likeness (QED) is 0.738. The summed E-state index contributed by atoms with van der Waals surface area (Å²) in [6.45, 7) is 5.49. The first-order chi connectivity index (χ1) is 11.2. The van der Waals surface area contributed by atoms with Crippen molar-refractivity contribution < 1.29 is 5.32 Å². The van der Waals surface area contributed by atoms with Gasteiger partial charge in [0.25, 0.3) is 0 Å². The van der Waals surface area contributed by atoms with Crippen molar-refractivity contribution in [1.82, 2.24) is 19.8 Å². The van der Waals surface area contributed by atoms with E-state index in [1.54, 1.807) is 23.1 Å². The van der Waals surface area contributed by atoms with Crippen molar-refractivity contribution in [3.05, 3.63) is 40.7 Å². The molecule has 23 heavy (non-hydrogen) atoms. The van der Waals surface area contributed by atoms with Gasteiger partial charge in [-0.15, -0.1) is 15.3 Å². The predicted octanol–water partition coefficient (Wildman–Crippen LogP) is 2.49. The molecule has 1 fully saturated rings. The van der Waals surface area contributed by atoms with Crippen LogP contribution in [-0.4, -0.2) is 26.4 Å². The first kappa shape index (κ1) is 15.1. The van der Waals surface area contributed by atoms with Gasteiger partial charge in [0, 0.05) is 18.6 Å². The molecule has 0 spiro atoms. The van der Waals surface area contributed by atoms with Crippen LogP contribution in [-0.2, 0) is 5.75 Å². The van der Waals surface area contributed by atoms with Gasteiger partial charge in [-0.3, -0.25) is 0 Å². The summed E-state index contributed by atoms with van der Waals surface area (Å²) in [5.74, 6) is 1.95. The Kier molecular flexibility index (Phi) is 4.09. The minimum absolute atomic E-state index is 0.420. The van der Waals surface area contributed by atoms with Crippen LogP contribution in [0.15, 0.2) is 22.5 Å². The lowest BCUT2D eigenvalue weighted by atomic mass is 10.1. The van der Waals surface area contributed by atoms with E-state index in [-0.39, 0.29) is 0 Å². The fourth-order valence-electron chi connectivity index (χ4n) is 3.01. The lowest BCUT2D eigenvalue weighted by Crippen LogP contribution is -2.82. The third-order valence-corrected chi connectivity index (χ3v) is 6.44. The van der Waals surface area contributed by atoms with E-state index in [0.717, 1.165) is 20.9 Å². The molecule has 0 unspecified atom stereocenters. The number of nitrogens with zero attached hydrogens (tertiary/aromatic N) is 4. The van der Waals surface area contributed by atoms with Crippen molar-refractivity contribution in [1.29, 1.82) is 0 Å². The van der Waals surface area contributed by atoms with Crippen LogP contribution in [0.3, 0.4) is 0 Å². The molecule has 7 heteroatoms. The molecule has 1 aliphatic heterocycles. The topological polar surface area (TPSA) is 59.7 Å². The molecular formula is C16H20N5S2+. The van der Waals surface area contributed by atoms with E-state index in [1.165, 1.54) is 36.1 Å². The number of benzene rings is 1. The zero-order valence-electron chi connectivity index (χ0n) is 13.3. The van der Waals surface area contributed by atoms with Crippen LogP contribution in [0.25, 0.3) is 4.96 Å². The predicted molar refractivity (Wildman–Crippen MR) is 92.9 cm³/mol. The largest absolute Gasteiger partial charge is 0.337 e. The van der Waals surface area contributed by atoms with Crippen LogP contribution in [0.2, 0.25) is 0 Å².